The third-order valence-corrected chi connectivity index (χ3v) is 8.84. The molecule has 1 N–H and O–H groups in total. The van der Waals surface area contributed by atoms with E-state index < -0.39 is 0 Å². The van der Waals surface area contributed by atoms with Gasteiger partial charge in [-0.05, 0) is 92.7 Å². The summed E-state index contributed by atoms with van der Waals surface area (Å²) in [6, 6.07) is 11.2. The minimum atomic E-state index is -0.0177. The molecule has 4 aliphatic carbocycles. The van der Waals surface area contributed by atoms with Crippen molar-refractivity contribution < 1.29 is 4.79 Å². The average molecular weight is 366 g/mol. The Kier molecular flexibility index (Phi) is 4.27. The number of hydrogen-bond acceptors (Lipinski definition) is 2. The summed E-state index contributed by atoms with van der Waals surface area (Å²) >= 11 is 0. The minimum absolute atomic E-state index is 0.0177. The van der Waals surface area contributed by atoms with Gasteiger partial charge < -0.3 is 5.32 Å². The number of carbonyl (C=O) groups is 1. The van der Waals surface area contributed by atoms with Crippen molar-refractivity contribution in [3.8, 4) is 0 Å². The normalized spacial score (nSPS) is 41.0. The Bertz CT molecular complexity index is 708. The third kappa shape index (κ3) is 2.90. The van der Waals surface area contributed by atoms with Gasteiger partial charge in [0.25, 0.3) is 0 Å². The number of Topliss-reactive ketones (excluding diaryl/α,β-unsaturated/α-hetero) is 1. The summed E-state index contributed by atoms with van der Waals surface area (Å²) in [5.41, 5.74) is 2.18. The maximum absolute atomic E-state index is 13.8. The van der Waals surface area contributed by atoms with Gasteiger partial charge in [0.2, 0.25) is 0 Å². The van der Waals surface area contributed by atoms with E-state index in [0.29, 0.717) is 17.1 Å². The number of rotatable bonds is 5. The first-order valence-electron chi connectivity index (χ1n) is 11.4. The molecule has 1 saturated heterocycles. The van der Waals surface area contributed by atoms with E-state index in [0.717, 1.165) is 31.8 Å². The predicted octanol–water partition coefficient (Wildman–Crippen LogP) is 5.26. The van der Waals surface area contributed by atoms with Gasteiger partial charge in [-0.25, -0.2) is 0 Å². The van der Waals surface area contributed by atoms with E-state index in [1.807, 2.05) is 0 Å². The number of nitrogens with one attached hydrogen (secondary N) is 1. The molecule has 2 heteroatoms. The summed E-state index contributed by atoms with van der Waals surface area (Å²) in [6.45, 7) is 4.58. The van der Waals surface area contributed by atoms with Crippen LogP contribution in [0.15, 0.2) is 30.3 Å². The zero-order valence-electron chi connectivity index (χ0n) is 16.9. The molecule has 2 nitrogen and oxygen atoms in total. The number of carbonyl (C=O) groups excluding carboxylic acids is 1. The fourth-order valence-electron chi connectivity index (χ4n) is 8.02. The van der Waals surface area contributed by atoms with Gasteiger partial charge in [-0.2, -0.15) is 0 Å². The molecule has 4 atom stereocenters. The molecule has 5 aliphatic rings. The smallest absolute Gasteiger partial charge is 0.139 e. The predicted molar refractivity (Wildman–Crippen MR) is 110 cm³/mol. The molecular weight excluding hydrogens is 330 g/mol. The lowest BCUT2D eigenvalue weighted by Crippen LogP contribution is -2.61. The first kappa shape index (κ1) is 17.9. The van der Waals surface area contributed by atoms with Gasteiger partial charge in [0.1, 0.15) is 5.78 Å². The number of piperidine rings is 1. The Hall–Kier alpha value is -1.15. The van der Waals surface area contributed by atoms with Crippen molar-refractivity contribution in [3.63, 3.8) is 0 Å². The molecule has 27 heavy (non-hydrogen) atoms. The molecule has 4 saturated carbocycles. The van der Waals surface area contributed by atoms with Crippen molar-refractivity contribution >= 4 is 5.78 Å². The van der Waals surface area contributed by atoms with E-state index in [9.17, 15) is 4.79 Å². The SMILES string of the molecule is CC[C@@]12CC3CC(C(=O)CC4CCNCC4)(C1)C[C@](c1ccccc1)(C3)C2. The second-order valence-corrected chi connectivity index (χ2v) is 10.6. The Morgan fingerprint density at radius 2 is 1.81 bits per heavy atom. The van der Waals surface area contributed by atoms with Crippen LogP contribution in [0.5, 0.6) is 0 Å². The molecule has 0 amide bonds. The first-order valence-corrected chi connectivity index (χ1v) is 11.4. The molecule has 1 aromatic carbocycles. The van der Waals surface area contributed by atoms with Crippen molar-refractivity contribution in [3.05, 3.63) is 35.9 Å². The van der Waals surface area contributed by atoms with E-state index >= 15 is 0 Å². The van der Waals surface area contributed by atoms with E-state index in [4.69, 9.17) is 0 Å². The number of hydrogen-bond donors (Lipinski definition) is 1. The van der Waals surface area contributed by atoms with Crippen LogP contribution in [0.25, 0.3) is 0 Å². The number of benzene rings is 1. The van der Waals surface area contributed by atoms with Gasteiger partial charge in [0.15, 0.2) is 0 Å². The Labute approximate surface area is 164 Å². The van der Waals surface area contributed by atoms with Crippen molar-refractivity contribution in [1.29, 1.82) is 0 Å². The maximum Gasteiger partial charge on any atom is 0.139 e. The third-order valence-electron chi connectivity index (χ3n) is 8.84. The molecule has 2 unspecified atom stereocenters. The fraction of sp³-hybridized carbons (Fsp3) is 0.720. The summed E-state index contributed by atoms with van der Waals surface area (Å²) in [7, 11) is 0. The summed E-state index contributed by atoms with van der Waals surface area (Å²) in [4.78, 5) is 13.8. The highest BCUT2D eigenvalue weighted by atomic mass is 16.1. The van der Waals surface area contributed by atoms with Crippen molar-refractivity contribution in [2.24, 2.45) is 22.7 Å². The Morgan fingerprint density at radius 3 is 2.56 bits per heavy atom. The second kappa shape index (κ2) is 6.44. The van der Waals surface area contributed by atoms with Crippen LogP contribution in [-0.2, 0) is 10.2 Å². The van der Waals surface area contributed by atoms with Crippen molar-refractivity contribution in [2.45, 2.75) is 76.5 Å². The molecule has 1 aromatic rings. The highest BCUT2D eigenvalue weighted by Gasteiger charge is 2.64. The Balaban J connectivity index is 1.48. The van der Waals surface area contributed by atoms with Crippen LogP contribution in [0.2, 0.25) is 0 Å². The van der Waals surface area contributed by atoms with Gasteiger partial charge in [-0.15, -0.1) is 0 Å². The topological polar surface area (TPSA) is 29.1 Å². The molecular formula is C25H35NO. The maximum atomic E-state index is 13.8. The van der Waals surface area contributed by atoms with Gasteiger partial charge in [0.05, 0.1) is 0 Å². The van der Waals surface area contributed by atoms with Crippen LogP contribution in [-0.4, -0.2) is 18.9 Å². The summed E-state index contributed by atoms with van der Waals surface area (Å²) in [6.07, 6.45) is 12.0. The minimum Gasteiger partial charge on any atom is -0.317 e. The molecule has 146 valence electrons. The van der Waals surface area contributed by atoms with Gasteiger partial charge in [-0.1, -0.05) is 43.7 Å². The number of ketones is 1. The summed E-state index contributed by atoms with van der Waals surface area (Å²) in [5, 5.41) is 3.45. The van der Waals surface area contributed by atoms with E-state index in [2.05, 4.69) is 42.6 Å². The summed E-state index contributed by atoms with van der Waals surface area (Å²) in [5.74, 6) is 2.02. The molecule has 0 radical (unpaired) electrons. The quantitative estimate of drug-likeness (QED) is 0.771. The molecule has 6 rings (SSSR count). The largest absolute Gasteiger partial charge is 0.317 e. The highest BCUT2D eigenvalue weighted by Crippen LogP contribution is 2.71. The first-order chi connectivity index (χ1) is 13.1. The zero-order chi connectivity index (χ0) is 18.5. The molecule has 0 spiro atoms. The van der Waals surface area contributed by atoms with Crippen LogP contribution in [0, 0.1) is 22.7 Å². The van der Waals surface area contributed by atoms with Gasteiger partial charge >= 0.3 is 0 Å². The zero-order valence-corrected chi connectivity index (χ0v) is 16.9. The molecule has 0 aromatic heterocycles. The second-order valence-electron chi connectivity index (χ2n) is 10.6. The monoisotopic (exact) mass is 365 g/mol. The van der Waals surface area contributed by atoms with Crippen molar-refractivity contribution in [2.75, 3.05) is 13.1 Å². The Morgan fingerprint density at radius 1 is 1.04 bits per heavy atom. The molecule has 5 fully saturated rings. The lowest BCUT2D eigenvalue weighted by atomic mass is 9.37. The molecule has 1 heterocycles. The van der Waals surface area contributed by atoms with Gasteiger partial charge in [0, 0.05) is 11.8 Å². The summed E-state index contributed by atoms with van der Waals surface area (Å²) < 4.78 is 0. The lowest BCUT2D eigenvalue weighted by Gasteiger charge is -2.66. The standard InChI is InChI=1S/C25H35NO/c1-2-23-13-20-14-24(16-23,21-6-4-3-5-7-21)18-25(15-20,17-23)22(27)12-19-8-10-26-11-9-19/h3-7,19-20,26H,2,8-18H2,1H3/t20?,23-,24-,25?/m0/s1. The molecule has 1 aliphatic heterocycles. The molecule has 4 bridgehead atoms. The van der Waals surface area contributed by atoms with E-state index in [-0.39, 0.29) is 10.8 Å². The van der Waals surface area contributed by atoms with E-state index in [1.54, 1.807) is 0 Å². The fourth-order valence-corrected chi connectivity index (χ4v) is 8.02. The van der Waals surface area contributed by atoms with Crippen LogP contribution >= 0.6 is 0 Å². The van der Waals surface area contributed by atoms with Crippen LogP contribution < -0.4 is 5.32 Å². The van der Waals surface area contributed by atoms with Gasteiger partial charge in [-0.3, -0.25) is 4.79 Å². The van der Waals surface area contributed by atoms with Crippen LogP contribution in [0.1, 0.15) is 76.7 Å². The van der Waals surface area contributed by atoms with Crippen LogP contribution in [0.4, 0.5) is 0 Å². The van der Waals surface area contributed by atoms with Crippen molar-refractivity contribution in [1.82, 2.24) is 5.32 Å². The highest BCUT2D eigenvalue weighted by molar-refractivity contribution is 5.86. The average Bonchev–Trinajstić information content (AvgIpc) is 2.68. The lowest BCUT2D eigenvalue weighted by molar-refractivity contribution is -0.162. The van der Waals surface area contributed by atoms with Crippen LogP contribution in [0.3, 0.4) is 0 Å². The van der Waals surface area contributed by atoms with E-state index in [1.165, 1.54) is 56.9 Å².